The molecule has 0 aliphatic rings. The third-order valence-electron chi connectivity index (χ3n) is 1.71. The molecule has 2 unspecified atom stereocenters. The van der Waals surface area contributed by atoms with Gasteiger partial charge in [-0.3, -0.25) is 4.21 Å². The summed E-state index contributed by atoms with van der Waals surface area (Å²) in [5, 5.41) is 0. The third-order valence-corrected chi connectivity index (χ3v) is 3.23. The van der Waals surface area contributed by atoms with Crippen molar-refractivity contribution >= 4 is 10.8 Å². The van der Waals surface area contributed by atoms with Crippen molar-refractivity contribution in [2.45, 2.75) is 13.0 Å². The molecule has 2 atom stereocenters. The summed E-state index contributed by atoms with van der Waals surface area (Å²) in [5.74, 6) is 1.08. The topological polar surface area (TPSA) is 70.8 Å². The molecule has 0 amide bonds. The summed E-state index contributed by atoms with van der Waals surface area (Å²) in [4.78, 5) is 0. The lowest BCUT2D eigenvalue weighted by Crippen LogP contribution is -2.25. The Morgan fingerprint density at radius 1 is 1.12 bits per heavy atom. The molecule has 0 rings (SSSR count). The molecule has 0 heterocycles. The molecule has 0 aliphatic heterocycles. The largest absolute Gasteiger partial charge is 0.382 e. The standard InChI is InChI=1S/C10H23NO4S/c1-10(11)9-16(12)8-7-15-6-5-14-4-3-13-2/h10H,3-9,11H2,1-2H3. The zero-order valence-electron chi connectivity index (χ0n) is 10.1. The van der Waals surface area contributed by atoms with Crippen molar-refractivity contribution in [1.82, 2.24) is 0 Å². The number of hydrogen-bond donors (Lipinski definition) is 1. The summed E-state index contributed by atoms with van der Waals surface area (Å²) in [6.07, 6.45) is 0. The second-order valence-corrected chi connectivity index (χ2v) is 5.13. The maximum atomic E-state index is 11.3. The molecule has 0 spiro atoms. The minimum absolute atomic E-state index is 0.0155. The minimum atomic E-state index is -0.871. The van der Waals surface area contributed by atoms with Crippen molar-refractivity contribution < 1.29 is 18.4 Å². The van der Waals surface area contributed by atoms with E-state index in [0.29, 0.717) is 44.5 Å². The van der Waals surface area contributed by atoms with Crippen molar-refractivity contribution in [3.05, 3.63) is 0 Å². The van der Waals surface area contributed by atoms with Gasteiger partial charge in [-0.1, -0.05) is 0 Å². The summed E-state index contributed by atoms with van der Waals surface area (Å²) in [6.45, 7) is 4.59. The Morgan fingerprint density at radius 2 is 1.69 bits per heavy atom. The molecule has 0 fully saturated rings. The van der Waals surface area contributed by atoms with Crippen LogP contribution in [0.25, 0.3) is 0 Å². The quantitative estimate of drug-likeness (QED) is 0.515. The van der Waals surface area contributed by atoms with Gasteiger partial charge in [-0.15, -0.1) is 0 Å². The zero-order valence-corrected chi connectivity index (χ0v) is 11.0. The average Bonchev–Trinajstić information content (AvgIpc) is 2.21. The first-order chi connectivity index (χ1) is 7.66. The van der Waals surface area contributed by atoms with Crippen LogP contribution in [-0.2, 0) is 25.0 Å². The second kappa shape index (κ2) is 11.5. The molecule has 0 aromatic rings. The summed E-state index contributed by atoms with van der Waals surface area (Å²) in [6, 6.07) is -0.0155. The van der Waals surface area contributed by atoms with Crippen molar-refractivity contribution in [3.63, 3.8) is 0 Å². The van der Waals surface area contributed by atoms with E-state index < -0.39 is 10.8 Å². The number of hydrogen-bond acceptors (Lipinski definition) is 5. The highest BCUT2D eigenvalue weighted by Crippen LogP contribution is 1.88. The van der Waals surface area contributed by atoms with Crippen molar-refractivity contribution in [2.24, 2.45) is 5.73 Å². The van der Waals surface area contributed by atoms with Gasteiger partial charge in [0.05, 0.1) is 33.0 Å². The van der Waals surface area contributed by atoms with Gasteiger partial charge < -0.3 is 19.9 Å². The second-order valence-electron chi connectivity index (χ2n) is 3.51. The van der Waals surface area contributed by atoms with Crippen LogP contribution in [0, 0.1) is 0 Å². The van der Waals surface area contributed by atoms with Gasteiger partial charge in [-0.2, -0.15) is 0 Å². The van der Waals surface area contributed by atoms with Crippen molar-refractivity contribution in [3.8, 4) is 0 Å². The summed E-state index contributed by atoms with van der Waals surface area (Å²) in [7, 11) is 0.761. The van der Waals surface area contributed by atoms with Gasteiger partial charge in [0, 0.05) is 35.5 Å². The molecule has 0 saturated heterocycles. The summed E-state index contributed by atoms with van der Waals surface area (Å²) >= 11 is 0. The summed E-state index contributed by atoms with van der Waals surface area (Å²) < 4.78 is 26.6. The number of ether oxygens (including phenoxy) is 3. The van der Waals surface area contributed by atoms with Gasteiger partial charge in [-0.25, -0.2) is 0 Å². The van der Waals surface area contributed by atoms with E-state index in [2.05, 4.69) is 0 Å². The average molecular weight is 253 g/mol. The van der Waals surface area contributed by atoms with Crippen LogP contribution in [0.3, 0.4) is 0 Å². The Kier molecular flexibility index (Phi) is 11.5. The van der Waals surface area contributed by atoms with Gasteiger partial charge in [0.15, 0.2) is 0 Å². The van der Waals surface area contributed by atoms with Gasteiger partial charge in [0.1, 0.15) is 0 Å². The fourth-order valence-electron chi connectivity index (χ4n) is 0.993. The normalized spacial score (nSPS) is 14.9. The molecule has 98 valence electrons. The first-order valence-electron chi connectivity index (χ1n) is 5.41. The van der Waals surface area contributed by atoms with E-state index in [-0.39, 0.29) is 6.04 Å². The van der Waals surface area contributed by atoms with Crippen LogP contribution in [0.15, 0.2) is 0 Å². The predicted octanol–water partition coefficient (Wildman–Crippen LogP) is -0.238. The van der Waals surface area contributed by atoms with E-state index in [0.717, 1.165) is 0 Å². The first-order valence-corrected chi connectivity index (χ1v) is 6.90. The van der Waals surface area contributed by atoms with Crippen LogP contribution in [0.1, 0.15) is 6.92 Å². The Morgan fingerprint density at radius 3 is 2.25 bits per heavy atom. The molecule has 0 aliphatic carbocycles. The van der Waals surface area contributed by atoms with E-state index in [4.69, 9.17) is 19.9 Å². The smallest absolute Gasteiger partial charge is 0.0701 e. The lowest BCUT2D eigenvalue weighted by molar-refractivity contribution is 0.0285. The highest BCUT2D eigenvalue weighted by atomic mass is 32.2. The predicted molar refractivity (Wildman–Crippen MR) is 65.0 cm³/mol. The summed E-state index contributed by atoms with van der Waals surface area (Å²) in [5.41, 5.74) is 5.53. The highest BCUT2D eigenvalue weighted by Gasteiger charge is 2.02. The van der Waals surface area contributed by atoms with Crippen LogP contribution in [0.5, 0.6) is 0 Å². The van der Waals surface area contributed by atoms with Gasteiger partial charge >= 0.3 is 0 Å². The monoisotopic (exact) mass is 253 g/mol. The third kappa shape index (κ3) is 12.1. The molecule has 0 radical (unpaired) electrons. The van der Waals surface area contributed by atoms with E-state index in [9.17, 15) is 4.21 Å². The highest BCUT2D eigenvalue weighted by molar-refractivity contribution is 7.85. The molecule has 2 N–H and O–H groups in total. The van der Waals surface area contributed by atoms with Crippen LogP contribution in [0.2, 0.25) is 0 Å². The SMILES string of the molecule is COCCOCCOCCS(=O)CC(C)N. The Bertz CT molecular complexity index is 178. The molecule has 0 saturated carbocycles. The zero-order chi connectivity index (χ0) is 12.2. The number of methoxy groups -OCH3 is 1. The maximum Gasteiger partial charge on any atom is 0.0701 e. The molecular formula is C10H23NO4S. The van der Waals surface area contributed by atoms with E-state index in [1.54, 1.807) is 7.11 Å². The lowest BCUT2D eigenvalue weighted by Gasteiger charge is -2.07. The van der Waals surface area contributed by atoms with E-state index in [1.165, 1.54) is 0 Å². The Hall–Kier alpha value is -0.0100. The van der Waals surface area contributed by atoms with Crippen LogP contribution < -0.4 is 5.73 Å². The molecule has 5 nitrogen and oxygen atoms in total. The fourth-order valence-corrected chi connectivity index (χ4v) is 2.05. The molecule has 0 aromatic heterocycles. The van der Waals surface area contributed by atoms with Gasteiger partial charge in [0.25, 0.3) is 0 Å². The Balaban J connectivity index is 3.11. The molecule has 0 bridgehead atoms. The number of nitrogens with two attached hydrogens (primary N) is 1. The molecule has 6 heteroatoms. The fraction of sp³-hybridized carbons (Fsp3) is 1.00. The van der Waals surface area contributed by atoms with Crippen LogP contribution >= 0.6 is 0 Å². The Labute approximate surface area is 100 Å². The van der Waals surface area contributed by atoms with Crippen LogP contribution in [0.4, 0.5) is 0 Å². The van der Waals surface area contributed by atoms with E-state index >= 15 is 0 Å². The minimum Gasteiger partial charge on any atom is -0.382 e. The van der Waals surface area contributed by atoms with Crippen molar-refractivity contribution in [1.29, 1.82) is 0 Å². The molecular weight excluding hydrogens is 230 g/mol. The van der Waals surface area contributed by atoms with Gasteiger partial charge in [0.2, 0.25) is 0 Å². The van der Waals surface area contributed by atoms with Gasteiger partial charge in [-0.05, 0) is 6.92 Å². The molecule has 0 aromatic carbocycles. The first kappa shape index (κ1) is 16.0. The lowest BCUT2D eigenvalue weighted by atomic mass is 10.4. The van der Waals surface area contributed by atoms with Crippen molar-refractivity contribution in [2.75, 3.05) is 51.6 Å². The molecule has 16 heavy (non-hydrogen) atoms. The maximum absolute atomic E-state index is 11.3. The number of rotatable bonds is 11. The van der Waals surface area contributed by atoms with Crippen LogP contribution in [-0.4, -0.2) is 61.9 Å². The van der Waals surface area contributed by atoms with E-state index in [1.807, 2.05) is 6.92 Å².